The number of hydrogen-bond donors (Lipinski definition) is 0. The highest BCUT2D eigenvalue weighted by molar-refractivity contribution is 9.09. The van der Waals surface area contributed by atoms with Gasteiger partial charge in [-0.05, 0) is 40.7 Å². The molecule has 0 nitrogen and oxygen atoms in total. The molecule has 0 radical (unpaired) electrons. The molecule has 0 N–H and O–H groups in total. The average molecular weight is 353 g/mol. The van der Waals surface area contributed by atoms with Crippen molar-refractivity contribution in [1.82, 2.24) is 0 Å². The Morgan fingerprint density at radius 3 is 2.05 bits per heavy atom. The van der Waals surface area contributed by atoms with Crippen molar-refractivity contribution >= 4 is 15.9 Å². The first-order chi connectivity index (χ1) is 9.85. The Hall–Kier alpha value is -1.22. The zero-order valence-electron chi connectivity index (χ0n) is 12.5. The van der Waals surface area contributed by atoms with E-state index in [2.05, 4.69) is 48.8 Å². The van der Waals surface area contributed by atoms with Crippen molar-refractivity contribution in [1.29, 1.82) is 0 Å². The van der Waals surface area contributed by atoms with Gasteiger partial charge in [0.2, 0.25) is 0 Å². The molecule has 0 heterocycles. The molecule has 0 saturated heterocycles. The van der Waals surface area contributed by atoms with Crippen LogP contribution in [0.5, 0.6) is 0 Å². The largest absolute Gasteiger partial charge is 0.204 e. The summed E-state index contributed by atoms with van der Waals surface area (Å²) in [5, 5.41) is 0. The summed E-state index contributed by atoms with van der Waals surface area (Å²) in [5.74, 6) is -1.64. The van der Waals surface area contributed by atoms with Crippen molar-refractivity contribution in [3.8, 4) is 0 Å². The van der Waals surface area contributed by atoms with E-state index in [0.29, 0.717) is 5.56 Å². The molecule has 0 fully saturated rings. The van der Waals surface area contributed by atoms with Crippen molar-refractivity contribution in [2.24, 2.45) is 0 Å². The summed E-state index contributed by atoms with van der Waals surface area (Å²) < 4.78 is 26.3. The Bertz CT molecular complexity index is 618. The third-order valence-electron chi connectivity index (χ3n) is 4.11. The van der Waals surface area contributed by atoms with Crippen molar-refractivity contribution in [2.45, 2.75) is 37.4 Å². The Morgan fingerprint density at radius 2 is 1.52 bits per heavy atom. The van der Waals surface area contributed by atoms with Gasteiger partial charge >= 0.3 is 0 Å². The smallest absolute Gasteiger partial charge is 0.159 e. The van der Waals surface area contributed by atoms with E-state index in [4.69, 9.17) is 0 Å². The minimum atomic E-state index is -0.821. The third kappa shape index (κ3) is 3.52. The van der Waals surface area contributed by atoms with Gasteiger partial charge in [0.25, 0.3) is 0 Å². The van der Waals surface area contributed by atoms with Crippen molar-refractivity contribution in [3.05, 3.63) is 70.8 Å². The lowest BCUT2D eigenvalue weighted by atomic mass is 9.82. The van der Waals surface area contributed by atoms with Crippen LogP contribution in [0.2, 0.25) is 0 Å². The van der Waals surface area contributed by atoms with Crippen LogP contribution in [0.3, 0.4) is 0 Å². The summed E-state index contributed by atoms with van der Waals surface area (Å²) in [6.45, 7) is 6.59. The minimum absolute atomic E-state index is 0.141. The van der Waals surface area contributed by atoms with Crippen molar-refractivity contribution in [3.63, 3.8) is 0 Å². The molecular formula is C18H19BrF2. The molecule has 0 saturated carbocycles. The van der Waals surface area contributed by atoms with Gasteiger partial charge in [-0.3, -0.25) is 0 Å². The summed E-state index contributed by atoms with van der Waals surface area (Å²) in [5.41, 5.74) is 3.15. The molecule has 0 aliphatic heterocycles. The Balaban J connectivity index is 2.27. The van der Waals surface area contributed by atoms with Crippen LogP contribution in [-0.2, 0) is 5.41 Å². The molecule has 3 heteroatoms. The van der Waals surface area contributed by atoms with Crippen molar-refractivity contribution < 1.29 is 8.78 Å². The molecule has 0 bridgehead atoms. The van der Waals surface area contributed by atoms with Crippen LogP contribution in [-0.4, -0.2) is 0 Å². The van der Waals surface area contributed by atoms with Crippen LogP contribution in [0.1, 0.15) is 48.7 Å². The summed E-state index contributed by atoms with van der Waals surface area (Å²) >= 11 is 3.56. The SMILES string of the molecule is CCC(C)(C)c1ccc(C(Br)c2ccc(F)c(F)c2)cc1. The molecule has 0 aromatic heterocycles. The fourth-order valence-corrected chi connectivity index (χ4v) is 2.76. The van der Waals surface area contributed by atoms with Crippen molar-refractivity contribution in [2.75, 3.05) is 0 Å². The molecule has 0 aliphatic carbocycles. The van der Waals surface area contributed by atoms with Crippen LogP contribution < -0.4 is 0 Å². The molecule has 2 aromatic rings. The van der Waals surface area contributed by atoms with E-state index in [1.165, 1.54) is 11.6 Å². The van der Waals surface area contributed by atoms with Gasteiger partial charge in [-0.2, -0.15) is 0 Å². The first-order valence-corrected chi connectivity index (χ1v) is 7.96. The molecule has 1 atom stereocenters. The number of benzene rings is 2. The first-order valence-electron chi connectivity index (χ1n) is 7.04. The first kappa shape index (κ1) is 16.2. The van der Waals surface area contributed by atoms with Gasteiger partial charge in [0.15, 0.2) is 11.6 Å². The van der Waals surface area contributed by atoms with E-state index >= 15 is 0 Å². The van der Waals surface area contributed by atoms with E-state index < -0.39 is 11.6 Å². The zero-order chi connectivity index (χ0) is 15.6. The third-order valence-corrected chi connectivity index (χ3v) is 5.16. The summed E-state index contributed by atoms with van der Waals surface area (Å²) in [4.78, 5) is -0.147. The quantitative estimate of drug-likeness (QED) is 0.580. The highest BCUT2D eigenvalue weighted by atomic mass is 79.9. The molecule has 112 valence electrons. The maximum Gasteiger partial charge on any atom is 0.159 e. The second-order valence-corrected chi connectivity index (χ2v) is 6.81. The van der Waals surface area contributed by atoms with Gasteiger partial charge in [0.05, 0.1) is 4.83 Å². The predicted molar refractivity (Wildman–Crippen MR) is 86.9 cm³/mol. The summed E-state index contributed by atoms with van der Waals surface area (Å²) in [6, 6.07) is 12.3. The van der Waals surface area contributed by atoms with E-state index in [1.54, 1.807) is 6.07 Å². The topological polar surface area (TPSA) is 0 Å². The molecule has 1 unspecified atom stereocenters. The zero-order valence-corrected chi connectivity index (χ0v) is 14.0. The highest BCUT2D eigenvalue weighted by Crippen LogP contribution is 2.33. The van der Waals surface area contributed by atoms with E-state index in [1.807, 2.05) is 12.1 Å². The van der Waals surface area contributed by atoms with E-state index in [0.717, 1.165) is 18.1 Å². The normalized spacial score (nSPS) is 13.2. The fraction of sp³-hybridized carbons (Fsp3) is 0.333. The molecule has 0 spiro atoms. The van der Waals surface area contributed by atoms with Crippen LogP contribution >= 0.6 is 15.9 Å². The molecule has 21 heavy (non-hydrogen) atoms. The van der Waals surface area contributed by atoms with Gasteiger partial charge < -0.3 is 0 Å². The van der Waals surface area contributed by atoms with E-state index in [9.17, 15) is 8.78 Å². The van der Waals surface area contributed by atoms with Crippen LogP contribution in [0.25, 0.3) is 0 Å². The minimum Gasteiger partial charge on any atom is -0.204 e. The van der Waals surface area contributed by atoms with Gasteiger partial charge in [-0.1, -0.05) is 67.0 Å². The monoisotopic (exact) mass is 352 g/mol. The lowest BCUT2D eigenvalue weighted by molar-refractivity contribution is 0.506. The van der Waals surface area contributed by atoms with Gasteiger partial charge in [0, 0.05) is 0 Å². The molecule has 2 rings (SSSR count). The Labute approximate surface area is 133 Å². The van der Waals surface area contributed by atoms with Crippen LogP contribution in [0.15, 0.2) is 42.5 Å². The predicted octanol–water partition coefficient (Wildman–Crippen LogP) is 6.14. The molecular weight excluding hydrogens is 334 g/mol. The summed E-state index contributed by atoms with van der Waals surface area (Å²) in [6.07, 6.45) is 1.06. The average Bonchev–Trinajstić information content (AvgIpc) is 2.49. The Kier molecular flexibility index (Phi) is 4.82. The molecule has 0 aliphatic rings. The lowest BCUT2D eigenvalue weighted by Gasteiger charge is -2.24. The fourth-order valence-electron chi connectivity index (χ4n) is 2.17. The maximum absolute atomic E-state index is 13.3. The second kappa shape index (κ2) is 6.27. The maximum atomic E-state index is 13.3. The van der Waals surface area contributed by atoms with Gasteiger partial charge in [0.1, 0.15) is 0 Å². The molecule has 0 amide bonds. The standard InChI is InChI=1S/C18H19BrF2/c1-4-18(2,3)14-8-5-12(6-9-14)17(19)13-7-10-15(20)16(21)11-13/h5-11,17H,4H2,1-3H3. The van der Waals surface area contributed by atoms with Gasteiger partial charge in [-0.15, -0.1) is 0 Å². The Morgan fingerprint density at radius 1 is 0.952 bits per heavy atom. The highest BCUT2D eigenvalue weighted by Gasteiger charge is 2.19. The number of alkyl halides is 1. The number of hydrogen-bond acceptors (Lipinski definition) is 0. The van der Waals surface area contributed by atoms with Crippen LogP contribution in [0, 0.1) is 11.6 Å². The number of rotatable bonds is 4. The summed E-state index contributed by atoms with van der Waals surface area (Å²) in [7, 11) is 0. The number of halogens is 3. The van der Waals surface area contributed by atoms with Crippen LogP contribution in [0.4, 0.5) is 8.78 Å². The molecule has 2 aromatic carbocycles. The van der Waals surface area contributed by atoms with Gasteiger partial charge in [-0.25, -0.2) is 8.78 Å². The lowest BCUT2D eigenvalue weighted by Crippen LogP contribution is -2.15. The second-order valence-electron chi connectivity index (χ2n) is 5.90. The van der Waals surface area contributed by atoms with E-state index in [-0.39, 0.29) is 10.2 Å².